The van der Waals surface area contributed by atoms with E-state index in [1.54, 1.807) is 16.7 Å². The topological polar surface area (TPSA) is 106 Å². The molecule has 2 heterocycles. The molecule has 4 rings (SSSR count). The number of nitrogens with zero attached hydrogens (tertiary/aromatic N) is 3. The van der Waals surface area contributed by atoms with Gasteiger partial charge in [0.15, 0.2) is 0 Å². The number of aromatic nitrogens is 2. The third kappa shape index (κ3) is 5.02. The number of fused-ring (bicyclic) bond motifs is 1. The number of esters is 1. The lowest BCUT2D eigenvalue weighted by Crippen LogP contribution is -2.54. The number of benzene rings is 1. The zero-order valence-electron chi connectivity index (χ0n) is 21.1. The van der Waals surface area contributed by atoms with Gasteiger partial charge in [-0.2, -0.15) is 0 Å². The summed E-state index contributed by atoms with van der Waals surface area (Å²) in [5, 5.41) is 14.0. The van der Waals surface area contributed by atoms with E-state index in [-0.39, 0.29) is 24.2 Å². The number of rotatable bonds is 6. The molecule has 1 aromatic carbocycles. The third-order valence-corrected chi connectivity index (χ3v) is 7.81. The number of nitrogens with one attached hydrogen (secondary N) is 1. The lowest BCUT2D eigenvalue weighted by molar-refractivity contribution is -0.157. The zero-order chi connectivity index (χ0) is 25.2. The first-order valence-electron chi connectivity index (χ1n) is 12.7. The van der Waals surface area contributed by atoms with Gasteiger partial charge in [-0.3, -0.25) is 9.36 Å². The Kier molecular flexibility index (Phi) is 7.38. The summed E-state index contributed by atoms with van der Waals surface area (Å²) in [5.41, 5.74) is -0.649. The second kappa shape index (κ2) is 10.1. The fourth-order valence-corrected chi connectivity index (χ4v) is 5.79. The van der Waals surface area contributed by atoms with Crippen LogP contribution in [0.5, 0.6) is 0 Å². The van der Waals surface area contributed by atoms with E-state index in [0.717, 1.165) is 36.7 Å². The van der Waals surface area contributed by atoms with E-state index in [0.29, 0.717) is 43.5 Å². The Morgan fingerprint density at radius 3 is 2.29 bits per heavy atom. The first-order chi connectivity index (χ1) is 16.7. The number of hydrogen-bond donors (Lipinski definition) is 2. The van der Waals surface area contributed by atoms with Crippen molar-refractivity contribution in [1.29, 1.82) is 0 Å². The maximum Gasteiger partial charge on any atom is 0.337 e. The van der Waals surface area contributed by atoms with Crippen LogP contribution in [0.1, 0.15) is 64.8 Å². The van der Waals surface area contributed by atoms with Crippen LogP contribution in [0.3, 0.4) is 0 Å². The van der Waals surface area contributed by atoms with Crippen molar-refractivity contribution in [2.45, 2.75) is 70.4 Å². The van der Waals surface area contributed by atoms with E-state index in [1.165, 1.54) is 7.11 Å². The van der Waals surface area contributed by atoms with Crippen molar-refractivity contribution in [3.8, 4) is 0 Å². The molecule has 0 bridgehead atoms. The molecule has 2 fully saturated rings. The van der Waals surface area contributed by atoms with Crippen molar-refractivity contribution in [2.24, 2.45) is 5.41 Å². The molecule has 1 amide bonds. The van der Waals surface area contributed by atoms with Crippen molar-refractivity contribution in [3.05, 3.63) is 34.7 Å². The van der Waals surface area contributed by atoms with Gasteiger partial charge >= 0.3 is 17.7 Å². The van der Waals surface area contributed by atoms with Gasteiger partial charge in [0.25, 0.3) is 0 Å². The van der Waals surface area contributed by atoms with Crippen LogP contribution in [0.4, 0.5) is 4.79 Å². The van der Waals surface area contributed by atoms with Crippen molar-refractivity contribution in [3.63, 3.8) is 0 Å². The van der Waals surface area contributed by atoms with Crippen LogP contribution in [-0.4, -0.2) is 70.0 Å². The van der Waals surface area contributed by atoms with E-state index in [2.05, 4.69) is 10.2 Å². The Morgan fingerprint density at radius 1 is 1.06 bits per heavy atom. The van der Waals surface area contributed by atoms with Gasteiger partial charge in [-0.25, -0.2) is 14.2 Å². The number of likely N-dealkylation sites (tertiary alicyclic amines) is 1. The summed E-state index contributed by atoms with van der Waals surface area (Å²) < 4.78 is 7.90. The molecule has 1 aliphatic heterocycles. The average Bonchev–Trinajstić information content (AvgIpc) is 3.16. The first-order valence-corrected chi connectivity index (χ1v) is 12.7. The second-order valence-corrected chi connectivity index (χ2v) is 10.6. The Morgan fingerprint density at radius 2 is 1.69 bits per heavy atom. The van der Waals surface area contributed by atoms with Crippen LogP contribution in [0, 0.1) is 5.41 Å². The number of carbonyl (C=O) groups excluding carboxylic acids is 2. The molecule has 35 heavy (non-hydrogen) atoms. The first kappa shape index (κ1) is 25.4. The van der Waals surface area contributed by atoms with Gasteiger partial charge in [0, 0.05) is 32.2 Å². The monoisotopic (exact) mass is 486 g/mol. The van der Waals surface area contributed by atoms with Crippen molar-refractivity contribution >= 4 is 23.0 Å². The summed E-state index contributed by atoms with van der Waals surface area (Å²) in [6.07, 6.45) is 5.86. The molecule has 192 valence electrons. The van der Waals surface area contributed by atoms with Crippen LogP contribution >= 0.6 is 0 Å². The molecule has 0 radical (unpaired) electrons. The highest BCUT2D eigenvalue weighted by atomic mass is 16.5. The van der Waals surface area contributed by atoms with Gasteiger partial charge in [0.1, 0.15) is 0 Å². The number of aliphatic hydroxyl groups is 1. The van der Waals surface area contributed by atoms with Gasteiger partial charge in [-0.05, 0) is 51.7 Å². The van der Waals surface area contributed by atoms with Crippen molar-refractivity contribution in [1.82, 2.24) is 19.4 Å². The maximum atomic E-state index is 13.0. The summed E-state index contributed by atoms with van der Waals surface area (Å²) in [6, 6.07) is 6.60. The highest BCUT2D eigenvalue weighted by Gasteiger charge is 2.43. The molecular weight excluding hydrogens is 448 g/mol. The normalized spacial score (nSPS) is 20.1. The summed E-state index contributed by atoms with van der Waals surface area (Å²) >= 11 is 0. The summed E-state index contributed by atoms with van der Waals surface area (Å²) in [5.74, 6) is -0.128. The Balaban J connectivity index is 1.40. The van der Waals surface area contributed by atoms with Gasteiger partial charge in [-0.1, -0.05) is 31.4 Å². The molecule has 9 heteroatoms. The predicted octanol–water partition coefficient (Wildman–Crippen LogP) is 2.89. The number of piperidine rings is 1. The molecule has 2 N–H and O–H groups in total. The van der Waals surface area contributed by atoms with E-state index in [9.17, 15) is 19.5 Å². The second-order valence-electron chi connectivity index (χ2n) is 10.6. The summed E-state index contributed by atoms with van der Waals surface area (Å²) in [6.45, 7) is 5.80. The number of methoxy groups -OCH3 is 1. The summed E-state index contributed by atoms with van der Waals surface area (Å²) in [4.78, 5) is 40.9. The van der Waals surface area contributed by atoms with E-state index in [1.807, 2.05) is 26.0 Å². The summed E-state index contributed by atoms with van der Waals surface area (Å²) in [7, 11) is 1.46. The minimum absolute atomic E-state index is 0.0649. The SMILES string of the molecule is COC(=O)C1(CN2CCC(O)(CNC(=O)n3c(=O)n(C(C)C)c4ccccc43)CC2)CCCCC1. The lowest BCUT2D eigenvalue weighted by Gasteiger charge is -2.43. The van der Waals surface area contributed by atoms with Crippen LogP contribution < -0.4 is 11.0 Å². The fourth-order valence-electron chi connectivity index (χ4n) is 5.79. The van der Waals surface area contributed by atoms with Gasteiger partial charge in [0.05, 0.1) is 29.2 Å². The molecule has 1 saturated carbocycles. The average molecular weight is 487 g/mol. The Bertz CT molecular complexity index is 1120. The van der Waals surface area contributed by atoms with Crippen molar-refractivity contribution < 1.29 is 19.4 Å². The highest BCUT2D eigenvalue weighted by molar-refractivity contribution is 5.89. The predicted molar refractivity (Wildman–Crippen MR) is 134 cm³/mol. The van der Waals surface area contributed by atoms with Crippen LogP contribution in [0.2, 0.25) is 0 Å². The standard InChI is InChI=1S/C26H38N4O5/c1-19(2)29-20-9-5-6-10-21(20)30(24(29)33)23(32)27-17-26(34)13-15-28(16-14-26)18-25(22(31)35-3)11-7-4-8-12-25/h5-6,9-10,19,34H,4,7-8,11-18H2,1-3H3,(H,27,32). The molecule has 1 saturated heterocycles. The van der Waals surface area contributed by atoms with Gasteiger partial charge in [-0.15, -0.1) is 0 Å². The van der Waals surface area contributed by atoms with E-state index < -0.39 is 17.0 Å². The zero-order valence-corrected chi connectivity index (χ0v) is 21.1. The highest BCUT2D eigenvalue weighted by Crippen LogP contribution is 2.39. The molecule has 0 unspecified atom stereocenters. The van der Waals surface area contributed by atoms with Crippen LogP contribution in [0.15, 0.2) is 29.1 Å². The minimum atomic E-state index is -1.06. The number of amides is 1. The van der Waals surface area contributed by atoms with Gasteiger partial charge in [0.2, 0.25) is 0 Å². The smallest absolute Gasteiger partial charge is 0.337 e. The number of ether oxygens (including phenoxy) is 1. The van der Waals surface area contributed by atoms with Crippen LogP contribution in [-0.2, 0) is 9.53 Å². The number of para-hydroxylation sites is 2. The Hall–Kier alpha value is -2.65. The largest absolute Gasteiger partial charge is 0.469 e. The maximum absolute atomic E-state index is 13.0. The molecule has 1 aliphatic carbocycles. The molecule has 2 aliphatic rings. The molecule has 0 atom stereocenters. The molecule has 9 nitrogen and oxygen atoms in total. The van der Waals surface area contributed by atoms with E-state index in [4.69, 9.17) is 4.74 Å². The number of imidazole rings is 1. The third-order valence-electron chi connectivity index (χ3n) is 7.81. The molecule has 0 spiro atoms. The lowest BCUT2D eigenvalue weighted by atomic mass is 9.73. The number of carbonyl (C=O) groups is 2. The molecule has 2 aromatic rings. The number of hydrogen-bond acceptors (Lipinski definition) is 6. The molecule has 1 aromatic heterocycles. The van der Waals surface area contributed by atoms with Crippen molar-refractivity contribution in [2.75, 3.05) is 33.3 Å². The minimum Gasteiger partial charge on any atom is -0.469 e. The van der Waals surface area contributed by atoms with Crippen LogP contribution in [0.25, 0.3) is 11.0 Å². The molecular formula is C26H38N4O5. The fraction of sp³-hybridized carbons (Fsp3) is 0.654. The Labute approximate surface area is 206 Å². The van der Waals surface area contributed by atoms with Gasteiger partial charge < -0.3 is 20.1 Å². The van der Waals surface area contributed by atoms with E-state index >= 15 is 0 Å². The quantitative estimate of drug-likeness (QED) is 0.609.